The SMILES string of the molecule is COc1ccccc1-n1nc(C(=O)Nc2ccccc2I)c(O)cc1=O. The summed E-state index contributed by atoms with van der Waals surface area (Å²) in [5, 5.41) is 16.8. The van der Waals surface area contributed by atoms with Gasteiger partial charge in [0.1, 0.15) is 11.4 Å². The van der Waals surface area contributed by atoms with Crippen LogP contribution >= 0.6 is 22.6 Å². The molecule has 0 saturated heterocycles. The Bertz CT molecular complexity index is 1030. The molecule has 0 atom stereocenters. The number of methoxy groups -OCH3 is 1. The third-order valence-corrected chi connectivity index (χ3v) is 4.50. The van der Waals surface area contributed by atoms with Gasteiger partial charge in [0.05, 0.1) is 12.8 Å². The van der Waals surface area contributed by atoms with E-state index in [2.05, 4.69) is 33.0 Å². The molecule has 1 aromatic heterocycles. The second-order valence-corrected chi connectivity index (χ2v) is 6.40. The van der Waals surface area contributed by atoms with E-state index in [9.17, 15) is 14.7 Å². The normalized spacial score (nSPS) is 10.4. The first-order chi connectivity index (χ1) is 12.5. The number of hydrogen-bond acceptors (Lipinski definition) is 5. The quantitative estimate of drug-likeness (QED) is 0.581. The number of amides is 1. The molecule has 2 aromatic carbocycles. The van der Waals surface area contributed by atoms with Gasteiger partial charge in [0.25, 0.3) is 11.5 Å². The van der Waals surface area contributed by atoms with E-state index in [0.29, 0.717) is 17.1 Å². The Morgan fingerprint density at radius 1 is 1.19 bits per heavy atom. The van der Waals surface area contributed by atoms with Gasteiger partial charge in [-0.15, -0.1) is 0 Å². The molecule has 0 fully saturated rings. The zero-order chi connectivity index (χ0) is 18.7. The van der Waals surface area contributed by atoms with Crippen LogP contribution in [0.25, 0.3) is 5.69 Å². The van der Waals surface area contributed by atoms with Crippen LogP contribution in [-0.2, 0) is 0 Å². The Hall–Kier alpha value is -2.88. The summed E-state index contributed by atoms with van der Waals surface area (Å²) >= 11 is 2.08. The molecule has 7 nitrogen and oxygen atoms in total. The molecule has 8 heteroatoms. The van der Waals surface area contributed by atoms with Crippen LogP contribution in [0.5, 0.6) is 11.5 Å². The fraction of sp³-hybridized carbons (Fsp3) is 0.0556. The second-order valence-electron chi connectivity index (χ2n) is 5.23. The number of aromatic hydroxyl groups is 1. The number of ether oxygens (including phenoxy) is 1. The van der Waals surface area contributed by atoms with Crippen molar-refractivity contribution in [2.75, 3.05) is 12.4 Å². The number of carbonyl (C=O) groups is 1. The van der Waals surface area contributed by atoms with Crippen molar-refractivity contribution in [1.29, 1.82) is 0 Å². The van der Waals surface area contributed by atoms with Crippen molar-refractivity contribution in [1.82, 2.24) is 9.78 Å². The van der Waals surface area contributed by atoms with Crippen LogP contribution in [0, 0.1) is 3.57 Å². The van der Waals surface area contributed by atoms with Crippen LogP contribution in [0.1, 0.15) is 10.5 Å². The van der Waals surface area contributed by atoms with Gasteiger partial charge in [-0.3, -0.25) is 9.59 Å². The van der Waals surface area contributed by atoms with Gasteiger partial charge in [-0.25, -0.2) is 0 Å². The smallest absolute Gasteiger partial charge is 0.280 e. The fourth-order valence-corrected chi connectivity index (χ4v) is 2.85. The number of carbonyl (C=O) groups excluding carboxylic acids is 1. The number of hydrogen-bond donors (Lipinski definition) is 2. The molecule has 0 aliphatic heterocycles. The van der Waals surface area contributed by atoms with Gasteiger partial charge in [-0.2, -0.15) is 9.78 Å². The van der Waals surface area contributed by atoms with Crippen molar-refractivity contribution < 1.29 is 14.6 Å². The third-order valence-electron chi connectivity index (χ3n) is 3.56. The van der Waals surface area contributed by atoms with Crippen molar-refractivity contribution in [2.24, 2.45) is 0 Å². The lowest BCUT2D eigenvalue weighted by Crippen LogP contribution is -2.25. The highest BCUT2D eigenvalue weighted by molar-refractivity contribution is 14.1. The number of anilines is 1. The van der Waals surface area contributed by atoms with Crippen molar-refractivity contribution in [3.8, 4) is 17.2 Å². The minimum atomic E-state index is -0.629. The molecule has 0 saturated carbocycles. The molecule has 0 aliphatic carbocycles. The number of rotatable bonds is 4. The van der Waals surface area contributed by atoms with Crippen LogP contribution in [0.3, 0.4) is 0 Å². The van der Waals surface area contributed by atoms with Crippen LogP contribution in [0.2, 0.25) is 0 Å². The molecule has 0 unspecified atom stereocenters. The van der Waals surface area contributed by atoms with Crippen molar-refractivity contribution in [2.45, 2.75) is 0 Å². The summed E-state index contributed by atoms with van der Waals surface area (Å²) in [5.41, 5.74) is 0.0886. The third kappa shape index (κ3) is 3.54. The molecule has 0 aliphatic rings. The van der Waals surface area contributed by atoms with Gasteiger partial charge in [-0.05, 0) is 46.9 Å². The molecule has 3 aromatic rings. The number of nitrogens with one attached hydrogen (secondary N) is 1. The van der Waals surface area contributed by atoms with Crippen molar-refractivity contribution in [3.05, 3.63) is 74.2 Å². The number of para-hydroxylation sites is 3. The van der Waals surface area contributed by atoms with E-state index in [1.54, 1.807) is 36.4 Å². The number of aromatic nitrogens is 2. The molecular formula is C18H14IN3O4. The lowest BCUT2D eigenvalue weighted by Gasteiger charge is -2.12. The predicted molar refractivity (Wildman–Crippen MR) is 105 cm³/mol. The molecule has 2 N–H and O–H groups in total. The average molecular weight is 463 g/mol. The van der Waals surface area contributed by atoms with Gasteiger partial charge in [-0.1, -0.05) is 24.3 Å². The van der Waals surface area contributed by atoms with Crippen LogP contribution in [0.4, 0.5) is 5.69 Å². The molecule has 1 amide bonds. The molecule has 0 radical (unpaired) electrons. The Labute approximate surface area is 162 Å². The maximum atomic E-state index is 12.6. The maximum absolute atomic E-state index is 12.6. The summed E-state index contributed by atoms with van der Waals surface area (Å²) in [6.07, 6.45) is 0. The molecule has 1 heterocycles. The van der Waals surface area contributed by atoms with E-state index in [0.717, 1.165) is 14.3 Å². The second kappa shape index (κ2) is 7.56. The lowest BCUT2D eigenvalue weighted by atomic mass is 10.2. The summed E-state index contributed by atoms with van der Waals surface area (Å²) in [4.78, 5) is 24.8. The summed E-state index contributed by atoms with van der Waals surface area (Å²) < 4.78 is 7.08. The molecule has 3 rings (SSSR count). The molecule has 132 valence electrons. The molecule has 0 bridgehead atoms. The first-order valence-corrected chi connectivity index (χ1v) is 8.61. The van der Waals surface area contributed by atoms with Gasteiger partial charge < -0.3 is 15.2 Å². The monoisotopic (exact) mass is 463 g/mol. The van der Waals surface area contributed by atoms with Crippen LogP contribution < -0.4 is 15.6 Å². The Morgan fingerprint density at radius 2 is 1.88 bits per heavy atom. The summed E-state index contributed by atoms with van der Waals surface area (Å²) in [6.45, 7) is 0. The van der Waals surface area contributed by atoms with Gasteiger partial charge in [0, 0.05) is 9.64 Å². The number of halogens is 1. The first kappa shape index (κ1) is 17.9. The van der Waals surface area contributed by atoms with E-state index in [1.807, 2.05) is 12.1 Å². The Balaban J connectivity index is 2.05. The topological polar surface area (TPSA) is 93.5 Å². The minimum absolute atomic E-state index is 0.268. The highest BCUT2D eigenvalue weighted by Crippen LogP contribution is 2.22. The van der Waals surface area contributed by atoms with E-state index < -0.39 is 17.2 Å². The van der Waals surface area contributed by atoms with E-state index >= 15 is 0 Å². The minimum Gasteiger partial charge on any atom is -0.505 e. The van der Waals surface area contributed by atoms with Crippen molar-refractivity contribution in [3.63, 3.8) is 0 Å². The summed E-state index contributed by atoms with van der Waals surface area (Å²) in [7, 11) is 1.47. The molecule has 26 heavy (non-hydrogen) atoms. The Morgan fingerprint density at radius 3 is 2.62 bits per heavy atom. The van der Waals surface area contributed by atoms with Crippen molar-refractivity contribution >= 4 is 34.2 Å². The first-order valence-electron chi connectivity index (χ1n) is 7.54. The van der Waals surface area contributed by atoms with Gasteiger partial charge in [0.15, 0.2) is 11.4 Å². The zero-order valence-corrected chi connectivity index (χ0v) is 15.8. The van der Waals surface area contributed by atoms with E-state index in [1.165, 1.54) is 7.11 Å². The highest BCUT2D eigenvalue weighted by atomic mass is 127. The highest BCUT2D eigenvalue weighted by Gasteiger charge is 2.19. The van der Waals surface area contributed by atoms with E-state index in [4.69, 9.17) is 4.74 Å². The Kier molecular flexibility index (Phi) is 5.21. The van der Waals surface area contributed by atoms with Gasteiger partial charge >= 0.3 is 0 Å². The maximum Gasteiger partial charge on any atom is 0.280 e. The number of nitrogens with zero attached hydrogens (tertiary/aromatic N) is 2. The zero-order valence-electron chi connectivity index (χ0n) is 13.6. The summed E-state index contributed by atoms with van der Waals surface area (Å²) in [6, 6.07) is 14.9. The van der Waals surface area contributed by atoms with Crippen LogP contribution in [0.15, 0.2) is 59.4 Å². The summed E-state index contributed by atoms with van der Waals surface area (Å²) in [5.74, 6) is -0.711. The van der Waals surface area contributed by atoms with Crippen LogP contribution in [-0.4, -0.2) is 27.9 Å². The lowest BCUT2D eigenvalue weighted by molar-refractivity contribution is 0.101. The predicted octanol–water partition coefficient (Wildman–Crippen LogP) is 2.80. The van der Waals surface area contributed by atoms with E-state index in [-0.39, 0.29) is 5.69 Å². The van der Waals surface area contributed by atoms with Gasteiger partial charge in [0.2, 0.25) is 0 Å². The molecule has 0 spiro atoms. The number of benzene rings is 2. The standard InChI is InChI=1S/C18H14IN3O4/c1-26-15-9-5-4-8-13(15)22-16(24)10-14(23)17(21-22)18(25)20-12-7-3-2-6-11(12)19/h2-10,23H,1H3,(H,20,25). The largest absolute Gasteiger partial charge is 0.505 e. The fourth-order valence-electron chi connectivity index (χ4n) is 2.33. The average Bonchev–Trinajstić information content (AvgIpc) is 2.63. The molecular weight excluding hydrogens is 449 g/mol.